The number of benzene rings is 1. The summed E-state index contributed by atoms with van der Waals surface area (Å²) in [4.78, 5) is 10.8. The van der Waals surface area contributed by atoms with Crippen molar-refractivity contribution >= 4 is 5.97 Å². The number of phenols is 1. The highest BCUT2D eigenvalue weighted by Crippen LogP contribution is 2.32. The third kappa shape index (κ3) is 1.51. The molecule has 0 fully saturated rings. The van der Waals surface area contributed by atoms with Gasteiger partial charge in [-0.25, -0.2) is 4.79 Å². The summed E-state index contributed by atoms with van der Waals surface area (Å²) in [6.07, 6.45) is 0. The second kappa shape index (κ2) is 3.57. The molecule has 0 unspecified atom stereocenters. The van der Waals surface area contributed by atoms with Crippen LogP contribution < -0.4 is 4.74 Å². The summed E-state index contributed by atoms with van der Waals surface area (Å²) in [6.45, 7) is 3.23. The second-order valence-electron chi connectivity index (χ2n) is 3.05. The Hall–Kier alpha value is -1.71. The average molecular weight is 196 g/mol. The van der Waals surface area contributed by atoms with Crippen LogP contribution in [0.2, 0.25) is 0 Å². The van der Waals surface area contributed by atoms with Crippen molar-refractivity contribution in [1.29, 1.82) is 0 Å². The Kier molecular flexibility index (Phi) is 2.65. The van der Waals surface area contributed by atoms with Gasteiger partial charge in [0, 0.05) is 5.56 Å². The predicted octanol–water partition coefficient (Wildman–Crippen LogP) is 1.72. The SMILES string of the molecule is COc1cc(C)c(C(=O)O)c(O)c1C. The number of aryl methyl sites for hydroxylation is 1. The maximum Gasteiger partial charge on any atom is 0.339 e. The fraction of sp³-hybridized carbons (Fsp3) is 0.300. The van der Waals surface area contributed by atoms with E-state index < -0.39 is 5.97 Å². The number of hydrogen-bond acceptors (Lipinski definition) is 3. The van der Waals surface area contributed by atoms with Crippen LogP contribution in [0.25, 0.3) is 0 Å². The highest BCUT2D eigenvalue weighted by Gasteiger charge is 2.18. The molecule has 14 heavy (non-hydrogen) atoms. The van der Waals surface area contributed by atoms with Crippen LogP contribution in [-0.4, -0.2) is 23.3 Å². The normalized spacial score (nSPS) is 9.93. The lowest BCUT2D eigenvalue weighted by molar-refractivity contribution is 0.0692. The van der Waals surface area contributed by atoms with Crippen LogP contribution in [0.4, 0.5) is 0 Å². The van der Waals surface area contributed by atoms with Crippen molar-refractivity contribution in [3.63, 3.8) is 0 Å². The highest BCUT2D eigenvalue weighted by atomic mass is 16.5. The van der Waals surface area contributed by atoms with Crippen LogP contribution in [0.5, 0.6) is 11.5 Å². The van der Waals surface area contributed by atoms with Gasteiger partial charge in [0.25, 0.3) is 0 Å². The van der Waals surface area contributed by atoms with Crippen LogP contribution in [0, 0.1) is 13.8 Å². The average Bonchev–Trinajstić information content (AvgIpc) is 2.10. The van der Waals surface area contributed by atoms with E-state index in [0.717, 1.165) is 0 Å². The van der Waals surface area contributed by atoms with E-state index in [2.05, 4.69) is 0 Å². The third-order valence-electron chi connectivity index (χ3n) is 2.14. The van der Waals surface area contributed by atoms with Crippen LogP contribution in [0.3, 0.4) is 0 Å². The fourth-order valence-electron chi connectivity index (χ4n) is 1.35. The molecule has 0 aliphatic heterocycles. The molecule has 0 radical (unpaired) electrons. The van der Waals surface area contributed by atoms with Gasteiger partial charge < -0.3 is 14.9 Å². The minimum absolute atomic E-state index is 0.0664. The van der Waals surface area contributed by atoms with Crippen LogP contribution >= 0.6 is 0 Å². The van der Waals surface area contributed by atoms with Gasteiger partial charge >= 0.3 is 5.97 Å². The molecule has 0 saturated heterocycles. The first-order valence-electron chi connectivity index (χ1n) is 4.09. The molecule has 0 saturated carbocycles. The standard InChI is InChI=1S/C10H12O4/c1-5-4-7(14-3)6(2)9(11)8(5)10(12)13/h4,11H,1-3H3,(H,12,13). The summed E-state index contributed by atoms with van der Waals surface area (Å²) in [5.41, 5.74) is 0.858. The van der Waals surface area contributed by atoms with E-state index in [1.807, 2.05) is 0 Å². The molecule has 1 aromatic carbocycles. The Balaban J connectivity index is 3.49. The Morgan fingerprint density at radius 3 is 2.43 bits per heavy atom. The number of carbonyl (C=O) groups is 1. The lowest BCUT2D eigenvalue weighted by Crippen LogP contribution is -2.02. The topological polar surface area (TPSA) is 66.8 Å². The van der Waals surface area contributed by atoms with Gasteiger partial charge in [0.2, 0.25) is 0 Å². The van der Waals surface area contributed by atoms with Crippen LogP contribution in [-0.2, 0) is 0 Å². The molecule has 0 aromatic heterocycles. The highest BCUT2D eigenvalue weighted by molar-refractivity contribution is 5.93. The van der Waals surface area contributed by atoms with Gasteiger partial charge in [0.05, 0.1) is 7.11 Å². The number of hydrogen-bond donors (Lipinski definition) is 2. The minimum atomic E-state index is -1.13. The van der Waals surface area contributed by atoms with E-state index >= 15 is 0 Å². The lowest BCUT2D eigenvalue weighted by Gasteiger charge is -2.11. The molecular formula is C10H12O4. The number of carboxylic acid groups (broad SMARTS) is 1. The summed E-state index contributed by atoms with van der Waals surface area (Å²) >= 11 is 0. The lowest BCUT2D eigenvalue weighted by atomic mass is 10.0. The van der Waals surface area contributed by atoms with Gasteiger partial charge in [-0.15, -0.1) is 0 Å². The number of rotatable bonds is 2. The molecule has 0 aliphatic carbocycles. The molecule has 1 rings (SSSR count). The zero-order valence-electron chi connectivity index (χ0n) is 8.29. The first-order valence-corrected chi connectivity index (χ1v) is 4.09. The first-order chi connectivity index (χ1) is 6.49. The largest absolute Gasteiger partial charge is 0.507 e. The van der Waals surface area contributed by atoms with Gasteiger partial charge in [0.15, 0.2) is 0 Å². The summed E-state index contributed by atoms with van der Waals surface area (Å²) < 4.78 is 4.99. The molecule has 1 aromatic rings. The van der Waals surface area contributed by atoms with Crippen molar-refractivity contribution in [2.75, 3.05) is 7.11 Å². The number of aromatic carboxylic acids is 1. The van der Waals surface area contributed by atoms with Gasteiger partial charge in [-0.2, -0.15) is 0 Å². The van der Waals surface area contributed by atoms with E-state index in [0.29, 0.717) is 16.9 Å². The second-order valence-corrected chi connectivity index (χ2v) is 3.05. The molecule has 76 valence electrons. The number of ether oxygens (including phenoxy) is 1. The van der Waals surface area contributed by atoms with E-state index in [9.17, 15) is 9.90 Å². The van der Waals surface area contributed by atoms with E-state index in [4.69, 9.17) is 9.84 Å². The minimum Gasteiger partial charge on any atom is -0.507 e. The van der Waals surface area contributed by atoms with Gasteiger partial charge in [-0.3, -0.25) is 0 Å². The fourth-order valence-corrected chi connectivity index (χ4v) is 1.35. The summed E-state index contributed by atoms with van der Waals surface area (Å²) in [5.74, 6) is -0.870. The molecule has 2 N–H and O–H groups in total. The predicted molar refractivity (Wildman–Crippen MR) is 51.1 cm³/mol. The van der Waals surface area contributed by atoms with Gasteiger partial charge in [0.1, 0.15) is 17.1 Å². The maximum atomic E-state index is 10.8. The van der Waals surface area contributed by atoms with E-state index in [1.165, 1.54) is 7.11 Å². The molecule has 0 spiro atoms. The molecular weight excluding hydrogens is 184 g/mol. The summed E-state index contributed by atoms with van der Waals surface area (Å²) in [6, 6.07) is 1.60. The van der Waals surface area contributed by atoms with Crippen molar-refractivity contribution in [1.82, 2.24) is 0 Å². The van der Waals surface area contributed by atoms with Crippen molar-refractivity contribution in [2.24, 2.45) is 0 Å². The zero-order valence-corrected chi connectivity index (χ0v) is 8.29. The van der Waals surface area contributed by atoms with Crippen LogP contribution in [0.15, 0.2) is 6.07 Å². The van der Waals surface area contributed by atoms with Crippen molar-refractivity contribution in [2.45, 2.75) is 13.8 Å². The Morgan fingerprint density at radius 2 is 2.00 bits per heavy atom. The molecule has 0 atom stereocenters. The first kappa shape index (κ1) is 10.4. The monoisotopic (exact) mass is 196 g/mol. The van der Waals surface area contributed by atoms with Crippen LogP contribution in [0.1, 0.15) is 21.5 Å². The van der Waals surface area contributed by atoms with E-state index in [1.54, 1.807) is 19.9 Å². The number of aromatic hydroxyl groups is 1. The smallest absolute Gasteiger partial charge is 0.339 e. The quantitative estimate of drug-likeness (QED) is 0.755. The molecule has 0 aliphatic rings. The summed E-state index contributed by atoms with van der Waals surface area (Å²) in [7, 11) is 1.47. The molecule has 0 bridgehead atoms. The molecule has 0 amide bonds. The number of methoxy groups -OCH3 is 1. The maximum absolute atomic E-state index is 10.8. The third-order valence-corrected chi connectivity index (χ3v) is 2.14. The number of carboxylic acids is 1. The van der Waals surface area contributed by atoms with Crippen molar-refractivity contribution in [3.05, 3.63) is 22.8 Å². The van der Waals surface area contributed by atoms with Gasteiger partial charge in [-0.05, 0) is 25.5 Å². The van der Waals surface area contributed by atoms with E-state index in [-0.39, 0.29) is 11.3 Å². The summed E-state index contributed by atoms with van der Waals surface area (Å²) in [5, 5.41) is 18.4. The molecule has 0 heterocycles. The zero-order chi connectivity index (χ0) is 10.9. The Morgan fingerprint density at radius 1 is 1.43 bits per heavy atom. The van der Waals surface area contributed by atoms with Crippen molar-refractivity contribution in [3.8, 4) is 11.5 Å². The van der Waals surface area contributed by atoms with Gasteiger partial charge in [-0.1, -0.05) is 0 Å². The molecule has 4 nitrogen and oxygen atoms in total. The Bertz CT molecular complexity index is 382. The molecule has 4 heteroatoms. The van der Waals surface area contributed by atoms with Crippen molar-refractivity contribution < 1.29 is 19.7 Å². The Labute approximate surface area is 81.8 Å².